The zero-order valence-electron chi connectivity index (χ0n) is 17.9. The summed E-state index contributed by atoms with van der Waals surface area (Å²) in [6.45, 7) is 9.32. The summed E-state index contributed by atoms with van der Waals surface area (Å²) in [4.78, 5) is 2.67. The molecule has 1 aromatic carbocycles. The molecule has 1 unspecified atom stereocenters. The van der Waals surface area contributed by atoms with E-state index in [1.54, 1.807) is 11.1 Å². The molecular formula is C26H38N2. The van der Waals surface area contributed by atoms with Gasteiger partial charge in [-0.25, -0.2) is 0 Å². The number of allylic oxidation sites excluding steroid dienone is 1. The number of benzene rings is 1. The molecule has 1 saturated heterocycles. The van der Waals surface area contributed by atoms with Crippen LogP contribution in [0.1, 0.15) is 64.4 Å². The van der Waals surface area contributed by atoms with Gasteiger partial charge in [0.25, 0.3) is 0 Å². The molecule has 1 aromatic rings. The van der Waals surface area contributed by atoms with Gasteiger partial charge in [-0.15, -0.1) is 0 Å². The first kappa shape index (κ1) is 19.9. The third kappa shape index (κ3) is 3.86. The first-order chi connectivity index (χ1) is 13.7. The molecule has 0 radical (unpaired) electrons. The Labute approximate surface area is 172 Å². The van der Waals surface area contributed by atoms with E-state index in [4.69, 9.17) is 0 Å². The van der Waals surface area contributed by atoms with E-state index in [2.05, 4.69) is 66.5 Å². The van der Waals surface area contributed by atoms with E-state index >= 15 is 0 Å². The largest absolute Gasteiger partial charge is 0.307 e. The number of rotatable bonds is 5. The lowest BCUT2D eigenvalue weighted by Crippen LogP contribution is -2.61. The molecule has 1 saturated carbocycles. The Balaban J connectivity index is 1.54. The van der Waals surface area contributed by atoms with Crippen LogP contribution in [-0.4, -0.2) is 30.1 Å². The Bertz CT molecular complexity index is 690. The maximum atomic E-state index is 4.15. The van der Waals surface area contributed by atoms with Crippen molar-refractivity contribution in [2.45, 2.75) is 70.9 Å². The quantitative estimate of drug-likeness (QED) is 0.705. The van der Waals surface area contributed by atoms with Gasteiger partial charge < -0.3 is 5.32 Å². The molecular weight excluding hydrogens is 340 g/mol. The van der Waals surface area contributed by atoms with Gasteiger partial charge in [0, 0.05) is 12.1 Å². The van der Waals surface area contributed by atoms with Gasteiger partial charge in [0.2, 0.25) is 0 Å². The van der Waals surface area contributed by atoms with Crippen molar-refractivity contribution in [2.75, 3.05) is 19.6 Å². The fraction of sp³-hybridized carbons (Fsp3) is 0.615. The van der Waals surface area contributed by atoms with Crippen LogP contribution in [0.3, 0.4) is 0 Å². The van der Waals surface area contributed by atoms with E-state index in [1.807, 2.05) is 0 Å². The Kier molecular flexibility index (Phi) is 6.38. The predicted octanol–water partition coefficient (Wildman–Crippen LogP) is 5.71. The van der Waals surface area contributed by atoms with Gasteiger partial charge in [-0.3, -0.25) is 4.90 Å². The van der Waals surface area contributed by atoms with Crippen LogP contribution < -0.4 is 5.32 Å². The van der Waals surface area contributed by atoms with Crippen molar-refractivity contribution in [2.24, 2.45) is 11.8 Å². The summed E-state index contributed by atoms with van der Waals surface area (Å²) >= 11 is 0. The lowest BCUT2D eigenvalue weighted by atomic mass is 9.62. The molecule has 1 N–H and O–H groups in total. The molecule has 4 rings (SSSR count). The predicted molar refractivity (Wildman–Crippen MR) is 119 cm³/mol. The SMILES string of the molecule is C/C=C\C1=C(C)CCNC1(C1CCCC1)C1CCN(Cc2ccccc2)CC1. The first-order valence-corrected chi connectivity index (χ1v) is 11.6. The summed E-state index contributed by atoms with van der Waals surface area (Å²) in [7, 11) is 0. The summed E-state index contributed by atoms with van der Waals surface area (Å²) in [5.41, 5.74) is 4.96. The van der Waals surface area contributed by atoms with Crippen LogP contribution in [0.25, 0.3) is 0 Å². The lowest BCUT2D eigenvalue weighted by Gasteiger charge is -2.52. The van der Waals surface area contributed by atoms with Crippen molar-refractivity contribution in [3.05, 3.63) is 59.2 Å². The zero-order valence-corrected chi connectivity index (χ0v) is 17.9. The van der Waals surface area contributed by atoms with Crippen molar-refractivity contribution in [3.63, 3.8) is 0 Å². The molecule has 0 aromatic heterocycles. The average molecular weight is 379 g/mol. The summed E-state index contributed by atoms with van der Waals surface area (Å²) in [5.74, 6) is 1.59. The lowest BCUT2D eigenvalue weighted by molar-refractivity contribution is 0.0823. The number of piperidine rings is 1. The Morgan fingerprint density at radius 3 is 2.39 bits per heavy atom. The van der Waals surface area contributed by atoms with Crippen molar-refractivity contribution in [1.82, 2.24) is 10.2 Å². The molecule has 2 heteroatoms. The highest BCUT2D eigenvalue weighted by Gasteiger charge is 2.49. The summed E-state index contributed by atoms with van der Waals surface area (Å²) in [6, 6.07) is 11.0. The van der Waals surface area contributed by atoms with Crippen LogP contribution in [0, 0.1) is 11.8 Å². The van der Waals surface area contributed by atoms with Crippen molar-refractivity contribution < 1.29 is 0 Å². The van der Waals surface area contributed by atoms with Gasteiger partial charge in [-0.05, 0) is 88.6 Å². The van der Waals surface area contributed by atoms with E-state index in [-0.39, 0.29) is 5.54 Å². The van der Waals surface area contributed by atoms with Gasteiger partial charge in [0.05, 0.1) is 0 Å². The number of hydrogen-bond donors (Lipinski definition) is 1. The molecule has 3 aliphatic rings. The second-order valence-corrected chi connectivity index (χ2v) is 9.26. The van der Waals surface area contributed by atoms with Crippen LogP contribution in [0.4, 0.5) is 0 Å². The standard InChI is InChI=1S/C26H38N2/c1-3-9-25-21(2)14-17-27-26(25,23-12-7-8-13-23)24-15-18-28(19-16-24)20-22-10-5-4-6-11-22/h3-6,9-11,23-24,27H,7-8,12-20H2,1-2H3/b9-3-. The van der Waals surface area contributed by atoms with Crippen LogP contribution >= 0.6 is 0 Å². The third-order valence-electron chi connectivity index (χ3n) is 7.64. The number of hydrogen-bond acceptors (Lipinski definition) is 2. The Morgan fingerprint density at radius 1 is 1.04 bits per heavy atom. The Morgan fingerprint density at radius 2 is 1.71 bits per heavy atom. The van der Waals surface area contributed by atoms with Gasteiger partial charge in [-0.2, -0.15) is 0 Å². The highest BCUT2D eigenvalue weighted by molar-refractivity contribution is 5.40. The number of likely N-dealkylation sites (tertiary alicyclic amines) is 1. The number of nitrogens with one attached hydrogen (secondary N) is 1. The van der Waals surface area contributed by atoms with Gasteiger partial charge in [0.1, 0.15) is 0 Å². The minimum absolute atomic E-state index is 0.226. The fourth-order valence-electron chi connectivity index (χ4n) is 6.32. The van der Waals surface area contributed by atoms with E-state index in [0.717, 1.165) is 24.9 Å². The zero-order chi connectivity index (χ0) is 19.4. The average Bonchev–Trinajstić information content (AvgIpc) is 3.26. The van der Waals surface area contributed by atoms with Crippen molar-refractivity contribution in [3.8, 4) is 0 Å². The van der Waals surface area contributed by atoms with E-state index < -0.39 is 0 Å². The van der Waals surface area contributed by atoms with E-state index in [0.29, 0.717) is 0 Å². The third-order valence-corrected chi connectivity index (χ3v) is 7.64. The minimum Gasteiger partial charge on any atom is -0.307 e. The molecule has 152 valence electrons. The maximum Gasteiger partial charge on any atom is 0.0492 e. The smallest absolute Gasteiger partial charge is 0.0492 e. The topological polar surface area (TPSA) is 15.3 Å². The van der Waals surface area contributed by atoms with Gasteiger partial charge in [-0.1, -0.05) is 60.9 Å². The molecule has 28 heavy (non-hydrogen) atoms. The molecule has 2 aliphatic heterocycles. The molecule has 0 amide bonds. The molecule has 1 aliphatic carbocycles. The monoisotopic (exact) mass is 378 g/mol. The van der Waals surface area contributed by atoms with Crippen LogP contribution in [-0.2, 0) is 6.54 Å². The molecule has 2 nitrogen and oxygen atoms in total. The first-order valence-electron chi connectivity index (χ1n) is 11.6. The molecule has 2 heterocycles. The molecule has 0 spiro atoms. The summed E-state index contributed by atoms with van der Waals surface area (Å²) in [5, 5.41) is 4.15. The highest BCUT2D eigenvalue weighted by atomic mass is 15.1. The highest BCUT2D eigenvalue weighted by Crippen LogP contribution is 2.49. The second-order valence-electron chi connectivity index (χ2n) is 9.26. The van der Waals surface area contributed by atoms with Crippen molar-refractivity contribution >= 4 is 0 Å². The molecule has 2 fully saturated rings. The minimum atomic E-state index is 0.226. The molecule has 0 bridgehead atoms. The summed E-state index contributed by atoms with van der Waals surface area (Å²) < 4.78 is 0. The second kappa shape index (κ2) is 8.97. The number of nitrogens with zero attached hydrogens (tertiary/aromatic N) is 1. The van der Waals surface area contributed by atoms with E-state index in [9.17, 15) is 0 Å². The normalized spacial score (nSPS) is 28.5. The molecule has 1 atom stereocenters. The van der Waals surface area contributed by atoms with Gasteiger partial charge in [0.15, 0.2) is 0 Å². The van der Waals surface area contributed by atoms with Gasteiger partial charge >= 0.3 is 0 Å². The van der Waals surface area contributed by atoms with Crippen LogP contribution in [0.5, 0.6) is 0 Å². The van der Waals surface area contributed by atoms with Crippen LogP contribution in [0.2, 0.25) is 0 Å². The maximum absolute atomic E-state index is 4.15. The van der Waals surface area contributed by atoms with Crippen molar-refractivity contribution in [1.29, 1.82) is 0 Å². The summed E-state index contributed by atoms with van der Waals surface area (Å²) in [6.07, 6.45) is 14.2. The van der Waals surface area contributed by atoms with E-state index in [1.165, 1.54) is 63.6 Å². The fourth-order valence-corrected chi connectivity index (χ4v) is 6.32. The van der Waals surface area contributed by atoms with Crippen LogP contribution in [0.15, 0.2) is 53.6 Å². The Hall–Kier alpha value is -1.38.